The first-order chi connectivity index (χ1) is 11.2. The second-order valence-corrected chi connectivity index (χ2v) is 5.93. The van der Waals surface area contributed by atoms with Gasteiger partial charge in [0.15, 0.2) is 0 Å². The van der Waals surface area contributed by atoms with E-state index in [9.17, 15) is 9.90 Å². The van der Waals surface area contributed by atoms with Crippen molar-refractivity contribution in [2.45, 2.75) is 12.8 Å². The first-order valence-corrected chi connectivity index (χ1v) is 7.87. The molecule has 0 spiro atoms. The smallest absolute Gasteiger partial charge is 0.257 e. The van der Waals surface area contributed by atoms with Gasteiger partial charge < -0.3 is 15.3 Å². The third-order valence-electron chi connectivity index (χ3n) is 4.31. The van der Waals surface area contributed by atoms with Gasteiger partial charge in [-0.2, -0.15) is 0 Å². The molecule has 5 heteroatoms. The summed E-state index contributed by atoms with van der Waals surface area (Å²) in [6.45, 7) is 1.54. The summed E-state index contributed by atoms with van der Waals surface area (Å²) >= 11 is 0. The highest BCUT2D eigenvalue weighted by Gasteiger charge is 2.28. The summed E-state index contributed by atoms with van der Waals surface area (Å²) in [7, 11) is 1.77. The second-order valence-electron chi connectivity index (χ2n) is 5.93. The lowest BCUT2D eigenvalue weighted by Crippen LogP contribution is -2.29. The van der Waals surface area contributed by atoms with Gasteiger partial charge in [0, 0.05) is 26.3 Å². The molecule has 1 amide bonds. The molecule has 120 valence electrons. The third-order valence-corrected chi connectivity index (χ3v) is 4.31. The van der Waals surface area contributed by atoms with Crippen LogP contribution in [0, 0.1) is 5.92 Å². The number of carbonyl (C=O) groups is 1. The number of hydrogen-bond donors (Lipinski definition) is 2. The summed E-state index contributed by atoms with van der Waals surface area (Å²) in [5.74, 6) is 1.40. The van der Waals surface area contributed by atoms with E-state index in [-0.39, 0.29) is 11.7 Å². The number of benzene rings is 1. The van der Waals surface area contributed by atoms with Crippen LogP contribution in [0.1, 0.15) is 22.3 Å². The number of likely N-dealkylation sites (tertiary alicyclic amines) is 1. The molecule has 2 N–H and O–H groups in total. The van der Waals surface area contributed by atoms with E-state index in [4.69, 9.17) is 0 Å². The molecular weight excluding hydrogens is 290 g/mol. The Kier molecular flexibility index (Phi) is 4.46. The minimum Gasteiger partial charge on any atom is -0.508 e. The van der Waals surface area contributed by atoms with E-state index >= 15 is 0 Å². The molecule has 0 bridgehead atoms. The highest BCUT2D eigenvalue weighted by atomic mass is 16.3. The summed E-state index contributed by atoms with van der Waals surface area (Å²) in [6.07, 6.45) is 3.61. The normalized spacial score (nSPS) is 17.3. The van der Waals surface area contributed by atoms with Gasteiger partial charge in [0.25, 0.3) is 5.91 Å². The number of nitrogens with zero attached hydrogens (tertiary/aromatic N) is 2. The number of hydrogen-bond acceptors (Lipinski definition) is 4. The van der Waals surface area contributed by atoms with E-state index in [0.29, 0.717) is 17.3 Å². The molecule has 1 fully saturated rings. The van der Waals surface area contributed by atoms with E-state index in [2.05, 4.69) is 10.3 Å². The zero-order valence-electron chi connectivity index (χ0n) is 13.2. The number of nitrogens with one attached hydrogen (secondary N) is 1. The number of carbonyl (C=O) groups excluding carboxylic acids is 1. The minimum absolute atomic E-state index is 0.0376. The van der Waals surface area contributed by atoms with Crippen LogP contribution in [0.5, 0.6) is 5.75 Å². The first-order valence-electron chi connectivity index (χ1n) is 7.87. The van der Waals surface area contributed by atoms with Gasteiger partial charge >= 0.3 is 0 Å². The average molecular weight is 311 g/mol. The molecule has 1 atom stereocenters. The van der Waals surface area contributed by atoms with E-state index < -0.39 is 0 Å². The van der Waals surface area contributed by atoms with Crippen LogP contribution in [0.3, 0.4) is 0 Å². The second kappa shape index (κ2) is 6.69. The van der Waals surface area contributed by atoms with Crippen LogP contribution < -0.4 is 5.32 Å². The fourth-order valence-electron chi connectivity index (χ4n) is 3.10. The van der Waals surface area contributed by atoms with Gasteiger partial charge in [-0.25, -0.2) is 4.98 Å². The van der Waals surface area contributed by atoms with Gasteiger partial charge in [-0.3, -0.25) is 4.79 Å². The lowest BCUT2D eigenvalue weighted by molar-refractivity contribution is 0.0787. The van der Waals surface area contributed by atoms with E-state index in [0.717, 1.165) is 25.9 Å². The topological polar surface area (TPSA) is 65.5 Å². The Labute approximate surface area is 136 Å². The molecule has 0 aliphatic carbocycles. The standard InChI is InChI=1S/C18H21N3O2/c1-19-17-16(3-2-9-20-17)18(23)21-10-8-14(12-21)11-13-4-6-15(22)7-5-13/h2-7,9,14,22H,8,10-12H2,1H3,(H,19,20). The highest BCUT2D eigenvalue weighted by molar-refractivity contribution is 5.98. The Bertz CT molecular complexity index is 685. The van der Waals surface area contributed by atoms with E-state index in [1.54, 1.807) is 31.4 Å². The molecule has 2 heterocycles. The van der Waals surface area contributed by atoms with Gasteiger partial charge in [0.2, 0.25) is 0 Å². The van der Waals surface area contributed by atoms with Crippen molar-refractivity contribution >= 4 is 11.7 Å². The molecule has 1 saturated heterocycles. The number of amides is 1. The molecule has 5 nitrogen and oxygen atoms in total. The Morgan fingerprint density at radius 3 is 2.87 bits per heavy atom. The number of phenols is 1. The molecule has 0 radical (unpaired) electrons. The van der Waals surface area contributed by atoms with Gasteiger partial charge in [-0.05, 0) is 48.6 Å². The molecule has 1 aliphatic heterocycles. The van der Waals surface area contributed by atoms with Gasteiger partial charge in [0.05, 0.1) is 5.56 Å². The summed E-state index contributed by atoms with van der Waals surface area (Å²) in [4.78, 5) is 18.8. The largest absolute Gasteiger partial charge is 0.508 e. The monoisotopic (exact) mass is 311 g/mol. The van der Waals surface area contributed by atoms with Crippen molar-refractivity contribution < 1.29 is 9.90 Å². The molecule has 1 aromatic carbocycles. The SMILES string of the molecule is CNc1ncccc1C(=O)N1CCC(Cc2ccc(O)cc2)C1. The fourth-order valence-corrected chi connectivity index (χ4v) is 3.10. The van der Waals surface area contributed by atoms with Crippen molar-refractivity contribution in [1.29, 1.82) is 0 Å². The quantitative estimate of drug-likeness (QED) is 0.910. The number of phenolic OH excluding ortho intramolecular Hbond substituents is 1. The maximum atomic E-state index is 12.7. The summed E-state index contributed by atoms with van der Waals surface area (Å²) in [5, 5.41) is 12.3. The predicted molar refractivity (Wildman–Crippen MR) is 89.6 cm³/mol. The zero-order chi connectivity index (χ0) is 16.2. The maximum Gasteiger partial charge on any atom is 0.257 e. The van der Waals surface area contributed by atoms with Gasteiger partial charge in [-0.1, -0.05) is 12.1 Å². The number of aromatic hydroxyl groups is 1. The van der Waals surface area contributed by atoms with Crippen molar-refractivity contribution in [3.05, 3.63) is 53.7 Å². The summed E-state index contributed by atoms with van der Waals surface area (Å²) in [5.41, 5.74) is 1.82. The molecule has 0 saturated carbocycles. The van der Waals surface area contributed by atoms with Crippen LogP contribution in [-0.2, 0) is 6.42 Å². The Morgan fingerprint density at radius 1 is 1.35 bits per heavy atom. The molecule has 2 aromatic rings. The van der Waals surface area contributed by atoms with Crippen LogP contribution in [0.25, 0.3) is 0 Å². The third kappa shape index (κ3) is 3.44. The zero-order valence-corrected chi connectivity index (χ0v) is 13.2. The number of rotatable bonds is 4. The highest BCUT2D eigenvalue weighted by Crippen LogP contribution is 2.24. The van der Waals surface area contributed by atoms with Crippen molar-refractivity contribution in [2.24, 2.45) is 5.92 Å². The van der Waals surface area contributed by atoms with Crippen LogP contribution in [0.2, 0.25) is 0 Å². The summed E-state index contributed by atoms with van der Waals surface area (Å²) < 4.78 is 0. The Morgan fingerprint density at radius 2 is 2.13 bits per heavy atom. The number of aromatic nitrogens is 1. The van der Waals surface area contributed by atoms with Crippen LogP contribution in [0.15, 0.2) is 42.6 Å². The Hall–Kier alpha value is -2.56. The van der Waals surface area contributed by atoms with Crippen LogP contribution >= 0.6 is 0 Å². The average Bonchev–Trinajstić information content (AvgIpc) is 3.05. The van der Waals surface area contributed by atoms with Crippen molar-refractivity contribution in [1.82, 2.24) is 9.88 Å². The molecule has 23 heavy (non-hydrogen) atoms. The predicted octanol–water partition coefficient (Wildman–Crippen LogP) is 2.53. The number of pyridine rings is 1. The molecule has 1 unspecified atom stereocenters. The van der Waals surface area contributed by atoms with Crippen LogP contribution in [-0.4, -0.2) is 41.0 Å². The van der Waals surface area contributed by atoms with Crippen molar-refractivity contribution in [2.75, 3.05) is 25.5 Å². The van der Waals surface area contributed by atoms with Crippen LogP contribution in [0.4, 0.5) is 5.82 Å². The fraction of sp³-hybridized carbons (Fsp3) is 0.333. The molecule has 1 aliphatic rings. The van der Waals surface area contributed by atoms with E-state index in [1.807, 2.05) is 23.1 Å². The minimum atomic E-state index is 0.0376. The first kappa shape index (κ1) is 15.3. The molecular formula is C18H21N3O2. The number of anilines is 1. The molecule has 3 rings (SSSR count). The maximum absolute atomic E-state index is 12.7. The van der Waals surface area contributed by atoms with Gasteiger partial charge in [0.1, 0.15) is 11.6 Å². The van der Waals surface area contributed by atoms with E-state index in [1.165, 1.54) is 5.56 Å². The summed E-state index contributed by atoms with van der Waals surface area (Å²) in [6, 6.07) is 10.9. The molecule has 1 aromatic heterocycles. The van der Waals surface area contributed by atoms with Crippen molar-refractivity contribution in [3.63, 3.8) is 0 Å². The lowest BCUT2D eigenvalue weighted by atomic mass is 9.99. The van der Waals surface area contributed by atoms with Crippen molar-refractivity contribution in [3.8, 4) is 5.75 Å². The van der Waals surface area contributed by atoms with Gasteiger partial charge in [-0.15, -0.1) is 0 Å². The Balaban J connectivity index is 1.65. The lowest BCUT2D eigenvalue weighted by Gasteiger charge is -2.18.